The topological polar surface area (TPSA) is 62.5 Å². The number of fused-ring (bicyclic) bond motifs is 1. The molecule has 1 saturated carbocycles. The van der Waals surface area contributed by atoms with Crippen LogP contribution in [-0.4, -0.2) is 17.1 Å². The average Bonchev–Trinajstić information content (AvgIpc) is 3.04. The van der Waals surface area contributed by atoms with Gasteiger partial charge in [-0.3, -0.25) is 0 Å². The molecule has 1 heterocycles. The van der Waals surface area contributed by atoms with Gasteiger partial charge in [-0.25, -0.2) is 4.79 Å². The van der Waals surface area contributed by atoms with Gasteiger partial charge in [0.25, 0.3) is 0 Å². The average molecular weight is 231 g/mol. The summed E-state index contributed by atoms with van der Waals surface area (Å²) < 4.78 is 5.60. The molecule has 1 aromatic heterocycles. The van der Waals surface area contributed by atoms with E-state index in [2.05, 4.69) is 5.32 Å². The van der Waals surface area contributed by atoms with E-state index in [4.69, 9.17) is 9.52 Å². The first-order valence-corrected chi connectivity index (χ1v) is 5.72. The summed E-state index contributed by atoms with van der Waals surface area (Å²) in [5.41, 5.74) is 0.688. The highest BCUT2D eigenvalue weighted by Crippen LogP contribution is 2.24. The van der Waals surface area contributed by atoms with Crippen molar-refractivity contribution in [2.45, 2.75) is 25.4 Å². The summed E-state index contributed by atoms with van der Waals surface area (Å²) in [7, 11) is 0. The molecule has 0 radical (unpaired) electrons. The van der Waals surface area contributed by atoms with Crippen molar-refractivity contribution in [3.05, 3.63) is 35.6 Å². The van der Waals surface area contributed by atoms with Gasteiger partial charge in [-0.1, -0.05) is 12.1 Å². The van der Waals surface area contributed by atoms with Crippen LogP contribution in [0.5, 0.6) is 0 Å². The van der Waals surface area contributed by atoms with Gasteiger partial charge < -0.3 is 14.8 Å². The summed E-state index contributed by atoms with van der Waals surface area (Å²) in [6.45, 7) is 0.665. The van der Waals surface area contributed by atoms with Gasteiger partial charge in [-0.05, 0) is 25.0 Å². The van der Waals surface area contributed by atoms with Crippen molar-refractivity contribution in [2.75, 3.05) is 0 Å². The standard InChI is InChI=1S/C13H13NO3/c15-13(16)11-3-1-2-8-6-10(17-12(8)11)7-14-9-4-5-9/h1-3,6,9,14H,4-5,7H2,(H,15,16). The summed E-state index contributed by atoms with van der Waals surface area (Å²) in [6.07, 6.45) is 2.45. The summed E-state index contributed by atoms with van der Waals surface area (Å²) in [6, 6.07) is 7.68. The van der Waals surface area contributed by atoms with Crippen molar-refractivity contribution in [1.82, 2.24) is 5.32 Å². The molecule has 1 aliphatic rings. The van der Waals surface area contributed by atoms with Crippen LogP contribution >= 0.6 is 0 Å². The summed E-state index contributed by atoms with van der Waals surface area (Å²) in [4.78, 5) is 11.0. The van der Waals surface area contributed by atoms with Crippen molar-refractivity contribution in [3.63, 3.8) is 0 Å². The van der Waals surface area contributed by atoms with E-state index in [-0.39, 0.29) is 5.56 Å². The Morgan fingerprint density at radius 1 is 1.47 bits per heavy atom. The number of benzene rings is 1. The van der Waals surface area contributed by atoms with Crippen LogP contribution in [0.15, 0.2) is 28.7 Å². The van der Waals surface area contributed by atoms with Crippen LogP contribution in [-0.2, 0) is 6.54 Å². The highest BCUT2D eigenvalue weighted by molar-refractivity contribution is 6.01. The van der Waals surface area contributed by atoms with Crippen LogP contribution < -0.4 is 5.32 Å². The maximum Gasteiger partial charge on any atom is 0.339 e. The molecule has 1 fully saturated rings. The Bertz CT molecular complexity index is 569. The molecule has 1 aromatic carbocycles. The van der Waals surface area contributed by atoms with Crippen molar-refractivity contribution >= 4 is 16.9 Å². The molecular formula is C13H13NO3. The number of furan rings is 1. The lowest BCUT2D eigenvalue weighted by Gasteiger charge is -1.97. The molecule has 2 aromatic rings. The third-order valence-corrected chi connectivity index (χ3v) is 2.97. The molecule has 3 rings (SSSR count). The van der Waals surface area contributed by atoms with Crippen molar-refractivity contribution in [2.24, 2.45) is 0 Å². The molecule has 4 heteroatoms. The zero-order valence-electron chi connectivity index (χ0n) is 9.27. The van der Waals surface area contributed by atoms with Crippen molar-refractivity contribution < 1.29 is 14.3 Å². The largest absolute Gasteiger partial charge is 0.478 e. The minimum atomic E-state index is -0.952. The maximum atomic E-state index is 11.0. The fourth-order valence-corrected chi connectivity index (χ4v) is 1.90. The Balaban J connectivity index is 1.93. The lowest BCUT2D eigenvalue weighted by molar-refractivity contribution is 0.0698. The number of carbonyl (C=O) groups is 1. The second-order valence-corrected chi connectivity index (χ2v) is 4.40. The van der Waals surface area contributed by atoms with Gasteiger partial charge in [-0.15, -0.1) is 0 Å². The quantitative estimate of drug-likeness (QED) is 0.848. The van der Waals surface area contributed by atoms with E-state index in [9.17, 15) is 4.79 Å². The lowest BCUT2D eigenvalue weighted by Crippen LogP contribution is -2.14. The van der Waals surface area contributed by atoms with Gasteiger partial charge in [0.15, 0.2) is 0 Å². The fraction of sp³-hybridized carbons (Fsp3) is 0.308. The minimum Gasteiger partial charge on any atom is -0.478 e. The first-order valence-electron chi connectivity index (χ1n) is 5.72. The van der Waals surface area contributed by atoms with Gasteiger partial charge in [0.1, 0.15) is 16.9 Å². The second-order valence-electron chi connectivity index (χ2n) is 4.40. The molecule has 2 N–H and O–H groups in total. The van der Waals surface area contributed by atoms with E-state index in [0.717, 1.165) is 11.1 Å². The molecule has 4 nitrogen and oxygen atoms in total. The van der Waals surface area contributed by atoms with Gasteiger partial charge in [0, 0.05) is 11.4 Å². The molecule has 0 aliphatic heterocycles. The highest BCUT2D eigenvalue weighted by Gasteiger charge is 2.21. The molecule has 17 heavy (non-hydrogen) atoms. The summed E-state index contributed by atoms with van der Waals surface area (Å²) in [5.74, 6) is -0.160. The van der Waals surface area contributed by atoms with Gasteiger partial charge >= 0.3 is 5.97 Å². The normalized spacial score (nSPS) is 15.3. The van der Waals surface area contributed by atoms with Crippen molar-refractivity contribution in [3.8, 4) is 0 Å². The van der Waals surface area contributed by atoms with Crippen LogP contribution in [0.3, 0.4) is 0 Å². The fourth-order valence-electron chi connectivity index (χ4n) is 1.90. The van der Waals surface area contributed by atoms with E-state index in [1.165, 1.54) is 12.8 Å². The number of hydrogen-bond acceptors (Lipinski definition) is 3. The predicted molar refractivity (Wildman–Crippen MR) is 63.0 cm³/mol. The Morgan fingerprint density at radius 3 is 3.00 bits per heavy atom. The molecule has 0 unspecified atom stereocenters. The van der Waals surface area contributed by atoms with Crippen LogP contribution in [0.1, 0.15) is 29.0 Å². The maximum absolute atomic E-state index is 11.0. The van der Waals surface area contributed by atoms with E-state index in [0.29, 0.717) is 18.2 Å². The number of hydrogen-bond donors (Lipinski definition) is 2. The van der Waals surface area contributed by atoms with Crippen LogP contribution in [0, 0.1) is 0 Å². The van der Waals surface area contributed by atoms with Crippen LogP contribution in [0.4, 0.5) is 0 Å². The second kappa shape index (κ2) is 3.89. The molecule has 1 aliphatic carbocycles. The van der Waals surface area contributed by atoms with Crippen LogP contribution in [0.25, 0.3) is 11.0 Å². The number of carboxylic acid groups (broad SMARTS) is 1. The molecule has 0 saturated heterocycles. The van der Waals surface area contributed by atoms with Crippen molar-refractivity contribution in [1.29, 1.82) is 0 Å². The lowest BCUT2D eigenvalue weighted by atomic mass is 10.1. The highest BCUT2D eigenvalue weighted by atomic mass is 16.4. The first kappa shape index (κ1) is 10.4. The van der Waals surface area contributed by atoms with Gasteiger partial charge in [0.05, 0.1) is 6.54 Å². The summed E-state index contributed by atoms with van der Waals surface area (Å²) >= 11 is 0. The molecule has 0 amide bonds. The molecule has 0 bridgehead atoms. The molecular weight excluding hydrogens is 218 g/mol. The third-order valence-electron chi connectivity index (χ3n) is 2.97. The zero-order chi connectivity index (χ0) is 11.8. The third kappa shape index (κ3) is 2.03. The van der Waals surface area contributed by atoms with Gasteiger partial charge in [-0.2, -0.15) is 0 Å². The van der Waals surface area contributed by atoms with E-state index >= 15 is 0 Å². The predicted octanol–water partition coefficient (Wildman–Crippen LogP) is 2.38. The van der Waals surface area contributed by atoms with Crippen LogP contribution in [0.2, 0.25) is 0 Å². The number of carboxylic acids is 1. The molecule has 0 spiro atoms. The number of aromatic carboxylic acids is 1. The number of rotatable bonds is 4. The van der Waals surface area contributed by atoms with Gasteiger partial charge in [0.2, 0.25) is 0 Å². The zero-order valence-corrected chi connectivity index (χ0v) is 9.27. The SMILES string of the molecule is O=C(O)c1cccc2cc(CNC3CC3)oc12. The first-order chi connectivity index (χ1) is 8.24. The smallest absolute Gasteiger partial charge is 0.339 e. The number of para-hydroxylation sites is 1. The molecule has 88 valence electrons. The Kier molecular flexibility index (Phi) is 2.37. The Morgan fingerprint density at radius 2 is 2.29 bits per heavy atom. The van der Waals surface area contributed by atoms with E-state index in [1.807, 2.05) is 12.1 Å². The van der Waals surface area contributed by atoms with E-state index in [1.54, 1.807) is 12.1 Å². The Hall–Kier alpha value is -1.81. The summed E-state index contributed by atoms with van der Waals surface area (Å²) in [5, 5.41) is 13.2. The Labute approximate surface area is 98.2 Å². The minimum absolute atomic E-state index is 0.222. The monoisotopic (exact) mass is 231 g/mol. The molecule has 0 atom stereocenters. The van der Waals surface area contributed by atoms with E-state index < -0.39 is 5.97 Å². The number of nitrogens with one attached hydrogen (secondary N) is 1.